The molecule has 2 rings (SSSR count). The van der Waals surface area contributed by atoms with Crippen LogP contribution >= 0.6 is 11.3 Å². The molecule has 2 heterocycles. The van der Waals surface area contributed by atoms with E-state index in [1.807, 2.05) is 12.1 Å². The SMILES string of the molecule is O=Cc1ccc(N2CCCCCC2CO)s1. The van der Waals surface area contributed by atoms with Crippen LogP contribution in [0.2, 0.25) is 0 Å². The number of aldehydes is 1. The van der Waals surface area contributed by atoms with Crippen LogP contribution in [0.3, 0.4) is 0 Å². The van der Waals surface area contributed by atoms with Gasteiger partial charge in [0.15, 0.2) is 6.29 Å². The standard InChI is InChI=1S/C12H17NO2S/c14-8-10-4-2-1-3-7-13(10)12-6-5-11(9-15)16-12/h5-6,9-10,14H,1-4,7-8H2. The maximum Gasteiger partial charge on any atom is 0.160 e. The lowest BCUT2D eigenvalue weighted by Gasteiger charge is -2.29. The Labute approximate surface area is 99.7 Å². The van der Waals surface area contributed by atoms with Gasteiger partial charge in [-0.05, 0) is 25.0 Å². The van der Waals surface area contributed by atoms with Gasteiger partial charge in [0, 0.05) is 6.54 Å². The van der Waals surface area contributed by atoms with Gasteiger partial charge in [-0.15, -0.1) is 11.3 Å². The zero-order chi connectivity index (χ0) is 11.4. The molecule has 4 heteroatoms. The molecule has 0 saturated carbocycles. The molecule has 0 bridgehead atoms. The summed E-state index contributed by atoms with van der Waals surface area (Å²) >= 11 is 1.51. The van der Waals surface area contributed by atoms with Gasteiger partial charge in [0.2, 0.25) is 0 Å². The van der Waals surface area contributed by atoms with E-state index in [1.54, 1.807) is 0 Å². The van der Waals surface area contributed by atoms with Crippen molar-refractivity contribution in [3.63, 3.8) is 0 Å². The van der Waals surface area contributed by atoms with Crippen molar-refractivity contribution in [2.24, 2.45) is 0 Å². The topological polar surface area (TPSA) is 40.5 Å². The molecule has 1 aromatic heterocycles. The van der Waals surface area contributed by atoms with Crippen molar-refractivity contribution in [2.75, 3.05) is 18.1 Å². The van der Waals surface area contributed by atoms with Gasteiger partial charge in [-0.3, -0.25) is 4.79 Å². The molecular weight excluding hydrogens is 222 g/mol. The first-order valence-corrected chi connectivity index (χ1v) is 6.59. The van der Waals surface area contributed by atoms with Crippen LogP contribution in [0.4, 0.5) is 5.00 Å². The zero-order valence-electron chi connectivity index (χ0n) is 9.26. The third kappa shape index (κ3) is 2.44. The van der Waals surface area contributed by atoms with Crippen LogP contribution in [0.25, 0.3) is 0 Å². The third-order valence-corrected chi connectivity index (χ3v) is 4.15. The molecule has 1 atom stereocenters. The van der Waals surface area contributed by atoms with E-state index in [2.05, 4.69) is 4.90 Å². The van der Waals surface area contributed by atoms with Crippen LogP contribution in [0.15, 0.2) is 12.1 Å². The minimum atomic E-state index is 0.203. The number of hydrogen-bond acceptors (Lipinski definition) is 4. The van der Waals surface area contributed by atoms with Crippen LogP contribution in [-0.2, 0) is 0 Å². The van der Waals surface area contributed by atoms with E-state index in [-0.39, 0.29) is 12.6 Å². The fraction of sp³-hybridized carbons (Fsp3) is 0.583. The Hall–Kier alpha value is -0.870. The summed E-state index contributed by atoms with van der Waals surface area (Å²) in [6.45, 7) is 1.19. The van der Waals surface area contributed by atoms with Gasteiger partial charge >= 0.3 is 0 Å². The monoisotopic (exact) mass is 239 g/mol. The molecule has 1 saturated heterocycles. The van der Waals surface area contributed by atoms with Crippen LogP contribution < -0.4 is 4.90 Å². The second kappa shape index (κ2) is 5.46. The highest BCUT2D eigenvalue weighted by molar-refractivity contribution is 7.17. The predicted molar refractivity (Wildman–Crippen MR) is 66.4 cm³/mol. The van der Waals surface area contributed by atoms with Crippen molar-refractivity contribution in [1.82, 2.24) is 0 Å². The van der Waals surface area contributed by atoms with Crippen molar-refractivity contribution in [2.45, 2.75) is 31.7 Å². The first-order chi connectivity index (χ1) is 7.85. The van der Waals surface area contributed by atoms with Crippen molar-refractivity contribution in [3.05, 3.63) is 17.0 Å². The van der Waals surface area contributed by atoms with Gasteiger partial charge in [0.1, 0.15) is 0 Å². The fourth-order valence-electron chi connectivity index (χ4n) is 2.22. The number of thiophene rings is 1. The van der Waals surface area contributed by atoms with Gasteiger partial charge in [0.25, 0.3) is 0 Å². The number of aliphatic hydroxyl groups is 1. The second-order valence-electron chi connectivity index (χ2n) is 4.17. The molecule has 0 radical (unpaired) electrons. The van der Waals surface area contributed by atoms with Crippen molar-refractivity contribution < 1.29 is 9.90 Å². The first kappa shape index (κ1) is 11.6. The molecule has 0 amide bonds. The molecular formula is C12H17NO2S. The van der Waals surface area contributed by atoms with E-state index in [9.17, 15) is 9.90 Å². The highest BCUT2D eigenvalue weighted by atomic mass is 32.1. The Morgan fingerprint density at radius 2 is 2.31 bits per heavy atom. The maximum atomic E-state index is 10.7. The lowest BCUT2D eigenvalue weighted by atomic mass is 10.1. The Bertz CT molecular complexity index is 351. The molecule has 1 aliphatic rings. The Morgan fingerprint density at radius 3 is 3.00 bits per heavy atom. The number of carbonyl (C=O) groups excluding carboxylic acids is 1. The van der Waals surface area contributed by atoms with Gasteiger partial charge in [0.05, 0.1) is 22.5 Å². The van der Waals surface area contributed by atoms with Crippen molar-refractivity contribution in [1.29, 1.82) is 0 Å². The molecule has 1 aromatic rings. The summed E-state index contributed by atoms with van der Waals surface area (Å²) in [7, 11) is 0. The number of hydrogen-bond donors (Lipinski definition) is 1. The van der Waals surface area contributed by atoms with E-state index < -0.39 is 0 Å². The molecule has 3 nitrogen and oxygen atoms in total. The van der Waals surface area contributed by atoms with E-state index in [1.165, 1.54) is 30.6 Å². The van der Waals surface area contributed by atoms with E-state index in [4.69, 9.17) is 0 Å². The lowest BCUT2D eigenvalue weighted by molar-refractivity contribution is 0.112. The predicted octanol–water partition coefficient (Wildman–Crippen LogP) is 2.30. The highest BCUT2D eigenvalue weighted by Crippen LogP contribution is 2.30. The van der Waals surface area contributed by atoms with E-state index in [0.717, 1.165) is 29.1 Å². The van der Waals surface area contributed by atoms with Crippen LogP contribution in [0.5, 0.6) is 0 Å². The zero-order valence-corrected chi connectivity index (χ0v) is 10.1. The number of anilines is 1. The quantitative estimate of drug-likeness (QED) is 0.823. The fourth-order valence-corrected chi connectivity index (χ4v) is 3.14. The third-order valence-electron chi connectivity index (χ3n) is 3.10. The Morgan fingerprint density at radius 1 is 1.44 bits per heavy atom. The average molecular weight is 239 g/mol. The largest absolute Gasteiger partial charge is 0.394 e. The normalized spacial score (nSPS) is 21.8. The van der Waals surface area contributed by atoms with Crippen LogP contribution in [0.1, 0.15) is 35.4 Å². The average Bonchev–Trinajstić information content (AvgIpc) is 2.66. The minimum absolute atomic E-state index is 0.203. The molecule has 1 fully saturated rings. The first-order valence-electron chi connectivity index (χ1n) is 5.77. The van der Waals surface area contributed by atoms with Crippen LogP contribution in [0, 0.1) is 0 Å². The van der Waals surface area contributed by atoms with Crippen molar-refractivity contribution >= 4 is 22.6 Å². The molecule has 0 spiro atoms. The van der Waals surface area contributed by atoms with Gasteiger partial charge in [-0.1, -0.05) is 12.8 Å². The number of carbonyl (C=O) groups is 1. The molecule has 1 unspecified atom stereocenters. The van der Waals surface area contributed by atoms with Gasteiger partial charge in [-0.2, -0.15) is 0 Å². The summed E-state index contributed by atoms with van der Waals surface area (Å²) in [6, 6.07) is 4.06. The molecule has 1 aliphatic heterocycles. The minimum Gasteiger partial charge on any atom is -0.394 e. The van der Waals surface area contributed by atoms with Crippen LogP contribution in [-0.4, -0.2) is 30.6 Å². The van der Waals surface area contributed by atoms with Gasteiger partial charge < -0.3 is 10.0 Å². The summed E-state index contributed by atoms with van der Waals surface area (Å²) < 4.78 is 0. The molecule has 16 heavy (non-hydrogen) atoms. The molecule has 0 aliphatic carbocycles. The van der Waals surface area contributed by atoms with Crippen molar-refractivity contribution in [3.8, 4) is 0 Å². The number of nitrogens with zero attached hydrogens (tertiary/aromatic N) is 1. The lowest BCUT2D eigenvalue weighted by Crippen LogP contribution is -2.36. The number of rotatable bonds is 3. The number of aliphatic hydroxyl groups excluding tert-OH is 1. The summed E-state index contributed by atoms with van der Waals surface area (Å²) in [5.74, 6) is 0. The molecule has 88 valence electrons. The second-order valence-corrected chi connectivity index (χ2v) is 5.27. The van der Waals surface area contributed by atoms with E-state index >= 15 is 0 Å². The summed E-state index contributed by atoms with van der Waals surface area (Å²) in [4.78, 5) is 13.7. The maximum absolute atomic E-state index is 10.7. The summed E-state index contributed by atoms with van der Waals surface area (Å²) in [5, 5.41) is 10.5. The summed E-state index contributed by atoms with van der Waals surface area (Å²) in [6.07, 6.45) is 5.53. The molecule has 0 aromatic carbocycles. The smallest absolute Gasteiger partial charge is 0.160 e. The Kier molecular flexibility index (Phi) is 3.96. The highest BCUT2D eigenvalue weighted by Gasteiger charge is 2.21. The van der Waals surface area contributed by atoms with Gasteiger partial charge in [-0.25, -0.2) is 0 Å². The molecule has 1 N–H and O–H groups in total. The van der Waals surface area contributed by atoms with E-state index in [0.29, 0.717) is 0 Å². The Balaban J connectivity index is 2.17. The summed E-state index contributed by atoms with van der Waals surface area (Å²) in [5.41, 5.74) is 0.